The summed E-state index contributed by atoms with van der Waals surface area (Å²) in [4.78, 5) is 17.1. The minimum absolute atomic E-state index is 0. The third-order valence-corrected chi connectivity index (χ3v) is 5.65. The van der Waals surface area contributed by atoms with Gasteiger partial charge in [0.1, 0.15) is 17.9 Å². The van der Waals surface area contributed by atoms with Gasteiger partial charge in [-0.05, 0) is 34.1 Å². The summed E-state index contributed by atoms with van der Waals surface area (Å²) in [6, 6.07) is 8.43. The maximum Gasteiger partial charge on any atom is 0.157 e. The Hall–Kier alpha value is -2.22. The molecule has 3 aromatic rings. The topological polar surface area (TPSA) is 49.7 Å². The summed E-state index contributed by atoms with van der Waals surface area (Å²) >= 11 is 0. The van der Waals surface area contributed by atoms with E-state index in [0.717, 1.165) is 67.3 Å². The number of aromatic nitrogens is 3. The molecule has 164 valence electrons. The van der Waals surface area contributed by atoms with Crippen molar-refractivity contribution in [2.24, 2.45) is 0 Å². The summed E-state index contributed by atoms with van der Waals surface area (Å²) in [5.74, 6) is 1.99. The summed E-state index contributed by atoms with van der Waals surface area (Å²) < 4.78 is 8.11. The first-order valence-corrected chi connectivity index (χ1v) is 10.5. The number of para-hydroxylation sites is 1. The van der Waals surface area contributed by atoms with Crippen LogP contribution in [0, 0.1) is 0 Å². The zero-order valence-electron chi connectivity index (χ0n) is 18.1. The maximum atomic E-state index is 5.77. The van der Waals surface area contributed by atoms with Crippen molar-refractivity contribution in [2.45, 2.75) is 27.5 Å². The van der Waals surface area contributed by atoms with Crippen LogP contribution < -0.4 is 4.90 Å². The molecule has 0 aliphatic carbocycles. The lowest BCUT2D eigenvalue weighted by atomic mass is 10.1. The number of fused-ring (bicyclic) bond motifs is 3. The Kier molecular flexibility index (Phi) is 7.28. The first-order chi connectivity index (χ1) is 14.1. The number of nitrogens with zero attached hydrogens (tertiary/aromatic N) is 6. The van der Waals surface area contributed by atoms with Gasteiger partial charge in [0.25, 0.3) is 0 Å². The predicted molar refractivity (Wildman–Crippen MR) is 125 cm³/mol. The van der Waals surface area contributed by atoms with Gasteiger partial charge in [-0.2, -0.15) is 0 Å². The lowest BCUT2D eigenvalue weighted by molar-refractivity contribution is 0.125. The van der Waals surface area contributed by atoms with E-state index in [1.54, 1.807) is 0 Å². The SMILES string of the molecule is C.CCOCc1nc2c(N3CCN(C)CC3)nc3ccccc3c2n1CCN(C)C. The second-order valence-electron chi connectivity index (χ2n) is 8.06. The van der Waals surface area contributed by atoms with Gasteiger partial charge in [-0.1, -0.05) is 25.6 Å². The average Bonchev–Trinajstić information content (AvgIpc) is 3.09. The Labute approximate surface area is 180 Å². The molecule has 0 N–H and O–H groups in total. The van der Waals surface area contributed by atoms with Crippen LogP contribution in [-0.2, 0) is 17.9 Å². The zero-order chi connectivity index (χ0) is 20.4. The molecule has 0 atom stereocenters. The van der Waals surface area contributed by atoms with Crippen molar-refractivity contribution in [3.63, 3.8) is 0 Å². The van der Waals surface area contributed by atoms with Crippen molar-refractivity contribution in [2.75, 3.05) is 65.4 Å². The van der Waals surface area contributed by atoms with Crippen LogP contribution in [-0.4, -0.2) is 84.8 Å². The maximum absolute atomic E-state index is 5.77. The number of ether oxygens (including phenoxy) is 1. The molecule has 0 saturated carbocycles. The van der Waals surface area contributed by atoms with Crippen LogP contribution in [0.4, 0.5) is 5.82 Å². The smallest absolute Gasteiger partial charge is 0.157 e. The van der Waals surface area contributed by atoms with E-state index in [4.69, 9.17) is 14.7 Å². The van der Waals surface area contributed by atoms with Crippen LogP contribution in [0.1, 0.15) is 20.2 Å². The number of pyridine rings is 1. The Balaban J connectivity index is 0.00000256. The summed E-state index contributed by atoms with van der Waals surface area (Å²) in [5.41, 5.74) is 3.21. The molecular formula is C23H36N6O. The Morgan fingerprint density at radius 3 is 2.50 bits per heavy atom. The molecule has 0 spiro atoms. The summed E-state index contributed by atoms with van der Waals surface area (Å²) in [6.45, 7) is 9.10. The average molecular weight is 413 g/mol. The third kappa shape index (κ3) is 4.43. The van der Waals surface area contributed by atoms with Gasteiger partial charge in [0.15, 0.2) is 5.82 Å². The Morgan fingerprint density at radius 2 is 1.80 bits per heavy atom. The van der Waals surface area contributed by atoms with E-state index in [9.17, 15) is 0 Å². The van der Waals surface area contributed by atoms with Crippen molar-refractivity contribution in [1.82, 2.24) is 24.3 Å². The second-order valence-corrected chi connectivity index (χ2v) is 8.06. The molecule has 1 saturated heterocycles. The minimum Gasteiger partial charge on any atom is -0.374 e. The Morgan fingerprint density at radius 1 is 1.07 bits per heavy atom. The largest absolute Gasteiger partial charge is 0.374 e. The van der Waals surface area contributed by atoms with E-state index in [2.05, 4.69) is 64.7 Å². The van der Waals surface area contributed by atoms with Gasteiger partial charge in [0.2, 0.25) is 0 Å². The normalized spacial score (nSPS) is 15.3. The van der Waals surface area contributed by atoms with E-state index in [0.29, 0.717) is 13.2 Å². The van der Waals surface area contributed by atoms with Gasteiger partial charge in [-0.15, -0.1) is 0 Å². The molecule has 1 fully saturated rings. The van der Waals surface area contributed by atoms with E-state index < -0.39 is 0 Å². The van der Waals surface area contributed by atoms with Gasteiger partial charge >= 0.3 is 0 Å². The number of hydrogen-bond acceptors (Lipinski definition) is 6. The van der Waals surface area contributed by atoms with Crippen LogP contribution in [0.2, 0.25) is 0 Å². The summed E-state index contributed by atoms with van der Waals surface area (Å²) in [6.07, 6.45) is 0. The lowest BCUT2D eigenvalue weighted by Crippen LogP contribution is -2.44. The van der Waals surface area contributed by atoms with Crippen LogP contribution in [0.25, 0.3) is 21.9 Å². The monoisotopic (exact) mass is 412 g/mol. The van der Waals surface area contributed by atoms with Crippen LogP contribution in [0.15, 0.2) is 24.3 Å². The van der Waals surface area contributed by atoms with Gasteiger partial charge in [-0.3, -0.25) is 0 Å². The highest BCUT2D eigenvalue weighted by Gasteiger charge is 2.23. The first kappa shape index (κ1) is 22.5. The molecule has 1 aliphatic rings. The fraction of sp³-hybridized carbons (Fsp3) is 0.565. The van der Waals surface area contributed by atoms with Crippen molar-refractivity contribution < 1.29 is 4.74 Å². The number of benzene rings is 1. The highest BCUT2D eigenvalue weighted by atomic mass is 16.5. The van der Waals surface area contributed by atoms with Crippen LogP contribution >= 0.6 is 0 Å². The molecule has 0 unspecified atom stereocenters. The Bertz CT molecular complexity index is 975. The zero-order valence-corrected chi connectivity index (χ0v) is 18.1. The fourth-order valence-corrected chi connectivity index (χ4v) is 3.95. The van der Waals surface area contributed by atoms with Crippen LogP contribution in [0.5, 0.6) is 0 Å². The number of anilines is 1. The second kappa shape index (κ2) is 9.73. The minimum atomic E-state index is 0. The van der Waals surface area contributed by atoms with Crippen molar-refractivity contribution in [3.8, 4) is 0 Å². The lowest BCUT2D eigenvalue weighted by Gasteiger charge is -2.33. The van der Waals surface area contributed by atoms with Gasteiger partial charge < -0.3 is 24.0 Å². The molecule has 3 heterocycles. The molecule has 0 radical (unpaired) electrons. The summed E-state index contributed by atoms with van der Waals surface area (Å²) in [5, 5.41) is 1.16. The number of rotatable bonds is 7. The predicted octanol–water partition coefficient (Wildman–Crippen LogP) is 3.07. The van der Waals surface area contributed by atoms with E-state index in [1.807, 2.05) is 6.92 Å². The van der Waals surface area contributed by atoms with E-state index in [1.165, 1.54) is 5.52 Å². The summed E-state index contributed by atoms with van der Waals surface area (Å²) in [7, 11) is 6.39. The third-order valence-electron chi connectivity index (χ3n) is 5.65. The van der Waals surface area contributed by atoms with Crippen molar-refractivity contribution in [1.29, 1.82) is 0 Å². The molecular weight excluding hydrogens is 376 g/mol. The standard InChI is InChI=1S/C22H32N6O.CH4/c1-5-29-16-19-24-20-21(28(19)15-10-25(2)3)17-8-6-7-9-18(17)23-22(20)27-13-11-26(4)12-14-27;/h6-9H,5,10-16H2,1-4H3;1H4. The van der Waals surface area contributed by atoms with Crippen LogP contribution in [0.3, 0.4) is 0 Å². The molecule has 1 aromatic carbocycles. The quantitative estimate of drug-likeness (QED) is 0.594. The van der Waals surface area contributed by atoms with E-state index >= 15 is 0 Å². The molecule has 0 amide bonds. The number of piperazine rings is 1. The molecule has 1 aliphatic heterocycles. The molecule has 2 aromatic heterocycles. The van der Waals surface area contributed by atoms with Gasteiger partial charge in [-0.25, -0.2) is 9.97 Å². The van der Waals surface area contributed by atoms with Gasteiger partial charge in [0.05, 0.1) is 11.0 Å². The van der Waals surface area contributed by atoms with Crippen molar-refractivity contribution >= 4 is 27.8 Å². The van der Waals surface area contributed by atoms with E-state index in [-0.39, 0.29) is 7.43 Å². The highest BCUT2D eigenvalue weighted by Crippen LogP contribution is 2.32. The fourth-order valence-electron chi connectivity index (χ4n) is 3.95. The molecule has 7 heteroatoms. The molecule has 7 nitrogen and oxygen atoms in total. The molecule has 30 heavy (non-hydrogen) atoms. The number of likely N-dealkylation sites (N-methyl/N-ethyl adjacent to an activating group) is 2. The highest BCUT2D eigenvalue weighted by molar-refractivity contribution is 6.07. The number of hydrogen-bond donors (Lipinski definition) is 0. The van der Waals surface area contributed by atoms with Gasteiger partial charge in [0, 0.05) is 51.3 Å². The molecule has 4 rings (SSSR count). The first-order valence-electron chi connectivity index (χ1n) is 10.5. The van der Waals surface area contributed by atoms with Crippen molar-refractivity contribution in [3.05, 3.63) is 30.1 Å². The molecule has 0 bridgehead atoms. The number of imidazole rings is 1.